The number of hydrogen-bond donors (Lipinski definition) is 2. The van der Waals surface area contributed by atoms with Gasteiger partial charge in [-0.3, -0.25) is 9.88 Å². The van der Waals surface area contributed by atoms with E-state index in [0.29, 0.717) is 0 Å². The van der Waals surface area contributed by atoms with Crippen molar-refractivity contribution in [2.45, 2.75) is 13.2 Å². The number of nitrogens with one attached hydrogen (secondary N) is 1. The van der Waals surface area contributed by atoms with E-state index in [4.69, 9.17) is 5.11 Å². The normalized spacial score (nSPS) is 17.5. The van der Waals surface area contributed by atoms with Crippen LogP contribution >= 0.6 is 0 Å². The predicted molar refractivity (Wildman–Crippen MR) is 53.4 cm³/mol. The van der Waals surface area contributed by atoms with Gasteiger partial charge in [0.1, 0.15) is 0 Å². The van der Waals surface area contributed by atoms with Gasteiger partial charge >= 0.3 is 0 Å². The molecule has 0 bridgehead atoms. The quantitative estimate of drug-likeness (QED) is 0.706. The Morgan fingerprint density at radius 1 is 1.50 bits per heavy atom. The third-order valence-corrected chi connectivity index (χ3v) is 2.39. The average molecular weight is 193 g/mol. The van der Waals surface area contributed by atoms with Gasteiger partial charge in [-0.05, 0) is 11.6 Å². The van der Waals surface area contributed by atoms with Crippen LogP contribution in [-0.2, 0) is 13.2 Å². The molecule has 0 saturated carbocycles. The maximum absolute atomic E-state index is 8.85. The van der Waals surface area contributed by atoms with Crippen LogP contribution in [0.3, 0.4) is 0 Å². The number of aromatic nitrogens is 1. The molecule has 76 valence electrons. The highest BCUT2D eigenvalue weighted by Crippen LogP contribution is 2.04. The fraction of sp³-hybridized carbons (Fsp3) is 0.500. The Labute approximate surface area is 83.6 Å². The van der Waals surface area contributed by atoms with Gasteiger partial charge in [0.25, 0.3) is 0 Å². The van der Waals surface area contributed by atoms with E-state index in [2.05, 4.69) is 15.2 Å². The fourth-order valence-electron chi connectivity index (χ4n) is 1.56. The summed E-state index contributed by atoms with van der Waals surface area (Å²) in [7, 11) is 0. The lowest BCUT2D eigenvalue weighted by atomic mass is 10.2. The van der Waals surface area contributed by atoms with Crippen LogP contribution in [0.1, 0.15) is 11.3 Å². The minimum absolute atomic E-state index is 0.0680. The zero-order chi connectivity index (χ0) is 9.80. The molecule has 1 aliphatic rings. The average Bonchev–Trinajstić information content (AvgIpc) is 2.72. The van der Waals surface area contributed by atoms with Crippen LogP contribution < -0.4 is 5.32 Å². The van der Waals surface area contributed by atoms with Crippen molar-refractivity contribution in [3.8, 4) is 0 Å². The van der Waals surface area contributed by atoms with Gasteiger partial charge in [0.2, 0.25) is 0 Å². The van der Waals surface area contributed by atoms with Gasteiger partial charge in [-0.25, -0.2) is 0 Å². The molecule has 2 rings (SSSR count). The Balaban J connectivity index is 1.95. The van der Waals surface area contributed by atoms with E-state index in [0.717, 1.165) is 37.6 Å². The SMILES string of the molecule is OCc1ccc(CN2CCNC2)nc1. The van der Waals surface area contributed by atoms with Gasteiger partial charge in [-0.1, -0.05) is 6.07 Å². The van der Waals surface area contributed by atoms with Crippen molar-refractivity contribution in [3.05, 3.63) is 29.6 Å². The molecule has 1 aromatic rings. The molecule has 1 aliphatic heterocycles. The summed E-state index contributed by atoms with van der Waals surface area (Å²) in [6, 6.07) is 3.90. The number of nitrogens with zero attached hydrogens (tertiary/aromatic N) is 2. The molecule has 4 heteroatoms. The Kier molecular flexibility index (Phi) is 3.08. The zero-order valence-corrected chi connectivity index (χ0v) is 8.11. The second-order valence-corrected chi connectivity index (χ2v) is 3.53. The van der Waals surface area contributed by atoms with Crippen molar-refractivity contribution < 1.29 is 5.11 Å². The number of aliphatic hydroxyl groups excluding tert-OH is 1. The Bertz CT molecular complexity index is 280. The van der Waals surface area contributed by atoms with E-state index < -0.39 is 0 Å². The van der Waals surface area contributed by atoms with Crippen molar-refractivity contribution in [1.82, 2.24) is 15.2 Å². The molecule has 0 aromatic carbocycles. The van der Waals surface area contributed by atoms with Gasteiger partial charge < -0.3 is 10.4 Å². The van der Waals surface area contributed by atoms with Gasteiger partial charge in [-0.15, -0.1) is 0 Å². The topological polar surface area (TPSA) is 48.4 Å². The molecule has 2 heterocycles. The summed E-state index contributed by atoms with van der Waals surface area (Å²) < 4.78 is 0. The summed E-state index contributed by atoms with van der Waals surface area (Å²) in [5.74, 6) is 0. The molecule has 4 nitrogen and oxygen atoms in total. The van der Waals surface area contributed by atoms with Crippen molar-refractivity contribution in [2.24, 2.45) is 0 Å². The van der Waals surface area contributed by atoms with Crippen molar-refractivity contribution in [2.75, 3.05) is 19.8 Å². The zero-order valence-electron chi connectivity index (χ0n) is 8.11. The minimum Gasteiger partial charge on any atom is -0.392 e. The molecule has 0 radical (unpaired) electrons. The molecule has 1 fully saturated rings. The summed E-state index contributed by atoms with van der Waals surface area (Å²) in [6.07, 6.45) is 1.73. The van der Waals surface area contributed by atoms with Crippen LogP contribution in [0.2, 0.25) is 0 Å². The summed E-state index contributed by atoms with van der Waals surface area (Å²) in [4.78, 5) is 6.59. The van der Waals surface area contributed by atoms with E-state index in [-0.39, 0.29) is 6.61 Å². The van der Waals surface area contributed by atoms with Crippen LogP contribution in [0.15, 0.2) is 18.3 Å². The Morgan fingerprint density at radius 2 is 2.43 bits per heavy atom. The summed E-state index contributed by atoms with van der Waals surface area (Å²) in [6.45, 7) is 4.05. The molecule has 0 spiro atoms. The highest BCUT2D eigenvalue weighted by atomic mass is 16.3. The van der Waals surface area contributed by atoms with Gasteiger partial charge in [0.15, 0.2) is 0 Å². The predicted octanol–water partition coefficient (Wildman–Crippen LogP) is -0.0634. The summed E-state index contributed by atoms with van der Waals surface area (Å²) in [5.41, 5.74) is 1.93. The first-order valence-corrected chi connectivity index (χ1v) is 4.86. The molecule has 2 N–H and O–H groups in total. The highest BCUT2D eigenvalue weighted by molar-refractivity contribution is 5.13. The highest BCUT2D eigenvalue weighted by Gasteiger charge is 2.11. The van der Waals surface area contributed by atoms with Crippen LogP contribution in [0.25, 0.3) is 0 Å². The molecule has 14 heavy (non-hydrogen) atoms. The number of pyridine rings is 1. The van der Waals surface area contributed by atoms with Gasteiger partial charge in [0, 0.05) is 32.5 Å². The van der Waals surface area contributed by atoms with E-state index in [1.165, 1.54) is 0 Å². The summed E-state index contributed by atoms with van der Waals surface area (Å²) in [5, 5.41) is 12.1. The first-order chi connectivity index (χ1) is 6.88. The monoisotopic (exact) mass is 193 g/mol. The second kappa shape index (κ2) is 4.50. The lowest BCUT2D eigenvalue weighted by molar-refractivity contribution is 0.281. The second-order valence-electron chi connectivity index (χ2n) is 3.53. The van der Waals surface area contributed by atoms with Crippen LogP contribution in [0.4, 0.5) is 0 Å². The standard InChI is InChI=1S/C10H15N3O/c14-7-9-1-2-10(12-5-9)6-13-4-3-11-8-13/h1-2,5,11,14H,3-4,6-8H2. The third kappa shape index (κ3) is 2.29. The molecular weight excluding hydrogens is 178 g/mol. The Hall–Kier alpha value is -0.970. The number of aliphatic hydroxyl groups is 1. The first-order valence-electron chi connectivity index (χ1n) is 4.86. The maximum atomic E-state index is 8.85. The van der Waals surface area contributed by atoms with E-state index >= 15 is 0 Å². The number of hydrogen-bond acceptors (Lipinski definition) is 4. The minimum atomic E-state index is 0.0680. The van der Waals surface area contributed by atoms with Crippen LogP contribution in [0.5, 0.6) is 0 Å². The van der Waals surface area contributed by atoms with Crippen molar-refractivity contribution in [1.29, 1.82) is 0 Å². The smallest absolute Gasteiger partial charge is 0.0696 e. The van der Waals surface area contributed by atoms with Crippen LogP contribution in [-0.4, -0.2) is 34.7 Å². The molecule has 0 atom stereocenters. The lowest BCUT2D eigenvalue weighted by Gasteiger charge is -2.12. The largest absolute Gasteiger partial charge is 0.392 e. The summed E-state index contributed by atoms with van der Waals surface area (Å²) >= 11 is 0. The number of rotatable bonds is 3. The van der Waals surface area contributed by atoms with Crippen LogP contribution in [0, 0.1) is 0 Å². The molecule has 1 aromatic heterocycles. The van der Waals surface area contributed by atoms with E-state index in [1.807, 2.05) is 12.1 Å². The maximum Gasteiger partial charge on any atom is 0.0696 e. The van der Waals surface area contributed by atoms with Gasteiger partial charge in [-0.2, -0.15) is 0 Å². The van der Waals surface area contributed by atoms with Crippen molar-refractivity contribution >= 4 is 0 Å². The van der Waals surface area contributed by atoms with E-state index in [1.54, 1.807) is 6.20 Å². The molecular formula is C10H15N3O. The Morgan fingerprint density at radius 3 is 3.00 bits per heavy atom. The van der Waals surface area contributed by atoms with Gasteiger partial charge in [0.05, 0.1) is 12.3 Å². The van der Waals surface area contributed by atoms with Crippen molar-refractivity contribution in [3.63, 3.8) is 0 Å². The first kappa shape index (κ1) is 9.58. The third-order valence-electron chi connectivity index (χ3n) is 2.39. The fourth-order valence-corrected chi connectivity index (χ4v) is 1.56. The van der Waals surface area contributed by atoms with E-state index in [9.17, 15) is 0 Å². The molecule has 0 amide bonds. The molecule has 0 aliphatic carbocycles. The lowest BCUT2D eigenvalue weighted by Crippen LogP contribution is -2.21. The molecule has 1 saturated heterocycles. The molecule has 0 unspecified atom stereocenters.